The average Bonchev–Trinajstić information content (AvgIpc) is 2.54. The lowest BCUT2D eigenvalue weighted by Crippen LogP contribution is -2.17. The van der Waals surface area contributed by atoms with Crippen LogP contribution in [0, 0.1) is 0 Å². The monoisotopic (exact) mass is 341 g/mol. The number of aliphatic imine (C=N–C) groups is 1. The van der Waals surface area contributed by atoms with Crippen molar-refractivity contribution >= 4 is 34.8 Å². The second kappa shape index (κ2) is 6.97. The van der Waals surface area contributed by atoms with Gasteiger partial charge in [-0.05, 0) is 42.2 Å². The molecule has 1 aliphatic rings. The summed E-state index contributed by atoms with van der Waals surface area (Å²) in [7, 11) is 0. The summed E-state index contributed by atoms with van der Waals surface area (Å²) in [6, 6.07) is 14.4. The van der Waals surface area contributed by atoms with E-state index in [0.29, 0.717) is 22.7 Å². The number of rotatable bonds is 5. The van der Waals surface area contributed by atoms with Crippen LogP contribution in [-0.4, -0.2) is 22.6 Å². The number of carbonyl (C=O) groups is 2. The Morgan fingerprint density at radius 3 is 2.58 bits per heavy atom. The largest absolute Gasteiger partial charge is 0.481 e. The van der Waals surface area contributed by atoms with Crippen molar-refractivity contribution in [1.29, 1.82) is 0 Å². The van der Waals surface area contributed by atoms with Gasteiger partial charge in [-0.1, -0.05) is 35.9 Å². The Bertz CT molecular complexity index is 812. The van der Waals surface area contributed by atoms with Gasteiger partial charge in [-0.25, -0.2) is 0 Å². The van der Waals surface area contributed by atoms with E-state index in [9.17, 15) is 14.7 Å². The average molecular weight is 342 g/mol. The van der Waals surface area contributed by atoms with E-state index < -0.39 is 5.97 Å². The molecule has 0 bridgehead atoms. The molecule has 1 N–H and O–H groups in total. The van der Waals surface area contributed by atoms with E-state index in [1.54, 1.807) is 24.3 Å². The molecular formula is C19H16ClNO3. The molecule has 0 saturated heterocycles. The van der Waals surface area contributed by atoms with Gasteiger partial charge in [0.15, 0.2) is 5.78 Å². The summed E-state index contributed by atoms with van der Waals surface area (Å²) in [4.78, 5) is 28.1. The normalized spacial score (nSPS) is 14.7. The quantitative estimate of drug-likeness (QED) is 0.860. The third-order valence-electron chi connectivity index (χ3n) is 4.09. The van der Waals surface area contributed by atoms with Crippen LogP contribution in [0.3, 0.4) is 0 Å². The van der Waals surface area contributed by atoms with Gasteiger partial charge in [0.05, 0.1) is 12.1 Å². The van der Waals surface area contributed by atoms with Crippen molar-refractivity contribution in [3.63, 3.8) is 0 Å². The zero-order chi connectivity index (χ0) is 17.1. The Morgan fingerprint density at radius 1 is 1.17 bits per heavy atom. The molecule has 0 radical (unpaired) electrons. The maximum atomic E-state index is 12.3. The molecular weight excluding hydrogens is 326 g/mol. The zero-order valence-corrected chi connectivity index (χ0v) is 13.7. The van der Waals surface area contributed by atoms with Crippen molar-refractivity contribution in [3.8, 4) is 0 Å². The van der Waals surface area contributed by atoms with Crippen LogP contribution in [0.4, 0.5) is 5.69 Å². The molecule has 1 unspecified atom stereocenters. The number of para-hydroxylation sites is 1. The second-order valence-electron chi connectivity index (χ2n) is 5.85. The van der Waals surface area contributed by atoms with E-state index in [1.165, 1.54) is 0 Å². The van der Waals surface area contributed by atoms with Gasteiger partial charge in [0, 0.05) is 22.7 Å². The van der Waals surface area contributed by atoms with Crippen LogP contribution in [0.1, 0.15) is 41.1 Å². The van der Waals surface area contributed by atoms with E-state index >= 15 is 0 Å². The topological polar surface area (TPSA) is 66.7 Å². The molecule has 0 aromatic heterocycles. The van der Waals surface area contributed by atoms with Crippen LogP contribution in [-0.2, 0) is 4.79 Å². The van der Waals surface area contributed by atoms with E-state index in [2.05, 4.69) is 4.99 Å². The van der Waals surface area contributed by atoms with E-state index in [4.69, 9.17) is 11.6 Å². The van der Waals surface area contributed by atoms with Gasteiger partial charge in [-0.2, -0.15) is 0 Å². The summed E-state index contributed by atoms with van der Waals surface area (Å²) < 4.78 is 0. The highest BCUT2D eigenvalue weighted by atomic mass is 35.5. The van der Waals surface area contributed by atoms with Crippen LogP contribution in [0.2, 0.25) is 5.02 Å². The highest BCUT2D eigenvalue weighted by Gasteiger charge is 2.24. The summed E-state index contributed by atoms with van der Waals surface area (Å²) >= 11 is 5.90. The fourth-order valence-electron chi connectivity index (χ4n) is 2.95. The first-order chi connectivity index (χ1) is 11.5. The van der Waals surface area contributed by atoms with Crippen LogP contribution in [0.15, 0.2) is 53.5 Å². The van der Waals surface area contributed by atoms with Crippen molar-refractivity contribution in [2.45, 2.75) is 25.2 Å². The predicted octanol–water partition coefficient (Wildman–Crippen LogP) is 4.65. The fraction of sp³-hybridized carbons (Fsp3) is 0.211. The standard InChI is InChI=1S/C19H16ClNO3/c20-14-7-5-12(6-8-14)13(10-19(23)24)9-15-11-18(22)16-3-1-2-4-17(16)21-15/h1-8,13H,9-11H2,(H,23,24). The number of benzene rings is 2. The molecule has 122 valence electrons. The molecule has 0 spiro atoms. The molecule has 2 aromatic carbocycles. The number of hydrogen-bond acceptors (Lipinski definition) is 3. The molecule has 0 amide bonds. The highest BCUT2D eigenvalue weighted by Crippen LogP contribution is 2.31. The van der Waals surface area contributed by atoms with Crippen molar-refractivity contribution in [2.75, 3.05) is 0 Å². The maximum absolute atomic E-state index is 12.3. The van der Waals surface area contributed by atoms with Crippen LogP contribution in [0.25, 0.3) is 0 Å². The second-order valence-corrected chi connectivity index (χ2v) is 6.28. The third-order valence-corrected chi connectivity index (χ3v) is 4.34. The van der Waals surface area contributed by atoms with Crippen LogP contribution < -0.4 is 0 Å². The van der Waals surface area contributed by atoms with Crippen molar-refractivity contribution < 1.29 is 14.7 Å². The van der Waals surface area contributed by atoms with Gasteiger partial charge in [-0.15, -0.1) is 0 Å². The molecule has 3 rings (SSSR count). The summed E-state index contributed by atoms with van der Waals surface area (Å²) in [5, 5.41) is 9.81. The minimum absolute atomic E-state index is 0.0174. The summed E-state index contributed by atoms with van der Waals surface area (Å²) in [6.45, 7) is 0. The van der Waals surface area contributed by atoms with Gasteiger partial charge in [-0.3, -0.25) is 14.6 Å². The molecule has 0 aliphatic carbocycles. The van der Waals surface area contributed by atoms with Gasteiger partial charge >= 0.3 is 5.97 Å². The molecule has 2 aromatic rings. The van der Waals surface area contributed by atoms with Crippen LogP contribution in [0.5, 0.6) is 0 Å². The lowest BCUT2D eigenvalue weighted by Gasteiger charge is -2.20. The Hall–Kier alpha value is -2.46. The zero-order valence-electron chi connectivity index (χ0n) is 12.9. The van der Waals surface area contributed by atoms with E-state index in [1.807, 2.05) is 24.3 Å². The highest BCUT2D eigenvalue weighted by molar-refractivity contribution is 6.30. The number of Topliss-reactive ketones (excluding diaryl/α,β-unsaturated/α-hetero) is 1. The molecule has 4 nitrogen and oxygen atoms in total. The van der Waals surface area contributed by atoms with Gasteiger partial charge in [0.1, 0.15) is 0 Å². The first-order valence-electron chi connectivity index (χ1n) is 7.69. The Labute approximate surface area is 144 Å². The number of nitrogens with zero attached hydrogens (tertiary/aromatic N) is 1. The number of halogens is 1. The smallest absolute Gasteiger partial charge is 0.303 e. The number of hydrogen-bond donors (Lipinski definition) is 1. The lowest BCUT2D eigenvalue weighted by atomic mass is 9.87. The van der Waals surface area contributed by atoms with Gasteiger partial charge in [0.2, 0.25) is 0 Å². The van der Waals surface area contributed by atoms with Gasteiger partial charge in [0.25, 0.3) is 0 Å². The number of carboxylic acid groups (broad SMARTS) is 1. The number of carbonyl (C=O) groups excluding carboxylic acids is 1. The molecule has 0 fully saturated rings. The summed E-state index contributed by atoms with van der Waals surface area (Å²) in [6.07, 6.45) is 0.658. The minimum Gasteiger partial charge on any atom is -0.481 e. The summed E-state index contributed by atoms with van der Waals surface area (Å²) in [5.74, 6) is -1.09. The number of fused-ring (bicyclic) bond motifs is 1. The predicted molar refractivity (Wildman–Crippen MR) is 93.5 cm³/mol. The molecule has 5 heteroatoms. The first-order valence-corrected chi connectivity index (χ1v) is 8.06. The molecule has 24 heavy (non-hydrogen) atoms. The molecule has 1 heterocycles. The number of ketones is 1. The lowest BCUT2D eigenvalue weighted by molar-refractivity contribution is -0.137. The van der Waals surface area contributed by atoms with Crippen LogP contribution >= 0.6 is 11.6 Å². The Kier molecular flexibility index (Phi) is 4.76. The summed E-state index contributed by atoms with van der Waals surface area (Å²) in [5.41, 5.74) is 2.90. The molecule has 1 atom stereocenters. The Balaban J connectivity index is 1.88. The number of aliphatic carboxylic acids is 1. The first kappa shape index (κ1) is 16.4. The van der Waals surface area contributed by atoms with Crippen molar-refractivity contribution in [1.82, 2.24) is 0 Å². The van der Waals surface area contributed by atoms with Crippen molar-refractivity contribution in [2.24, 2.45) is 4.99 Å². The molecule has 1 aliphatic heterocycles. The minimum atomic E-state index is -0.877. The van der Waals surface area contributed by atoms with E-state index in [-0.39, 0.29) is 24.5 Å². The van der Waals surface area contributed by atoms with Crippen molar-refractivity contribution in [3.05, 3.63) is 64.7 Å². The van der Waals surface area contributed by atoms with Gasteiger partial charge < -0.3 is 5.11 Å². The molecule has 0 saturated carbocycles. The van der Waals surface area contributed by atoms with E-state index in [0.717, 1.165) is 11.3 Å². The maximum Gasteiger partial charge on any atom is 0.303 e. The fourth-order valence-corrected chi connectivity index (χ4v) is 3.08. The SMILES string of the molecule is O=C(O)CC(CC1=Nc2ccccc2C(=O)C1)c1ccc(Cl)cc1. The Morgan fingerprint density at radius 2 is 1.88 bits per heavy atom. The third kappa shape index (κ3) is 3.71. The number of carboxylic acids is 1.